The molecule has 1 unspecified atom stereocenters. The minimum Gasteiger partial charge on any atom is -0.478 e. The molecule has 1 N–H and O–H groups in total. The molecule has 0 aliphatic rings. The third kappa shape index (κ3) is 2.61. The summed E-state index contributed by atoms with van der Waals surface area (Å²) in [6.45, 7) is 5.65. The number of esters is 1. The van der Waals surface area contributed by atoms with E-state index >= 15 is 0 Å². The molecule has 0 saturated heterocycles. The van der Waals surface area contributed by atoms with Gasteiger partial charge in [-0.05, 0) is 31.0 Å². The predicted octanol–water partition coefficient (Wildman–Crippen LogP) is 2.41. The number of ether oxygens (including phenoxy) is 1. The predicted molar refractivity (Wildman–Crippen MR) is 77.3 cm³/mol. The van der Waals surface area contributed by atoms with E-state index < -0.39 is 12.0 Å². The molecule has 1 atom stereocenters. The summed E-state index contributed by atoms with van der Waals surface area (Å²) in [6, 6.07) is 4.21. The third-order valence-corrected chi connectivity index (χ3v) is 3.47. The Morgan fingerprint density at radius 2 is 2.00 bits per heavy atom. The minimum absolute atomic E-state index is 0.0210. The Labute approximate surface area is 122 Å². The van der Waals surface area contributed by atoms with Crippen LogP contribution in [-0.2, 0) is 9.53 Å². The van der Waals surface area contributed by atoms with Crippen LogP contribution in [0, 0.1) is 12.8 Å². The first-order chi connectivity index (χ1) is 9.86. The summed E-state index contributed by atoms with van der Waals surface area (Å²) in [7, 11) is 1.36. The number of rotatable bonds is 4. The second-order valence-electron chi connectivity index (χ2n) is 5.25. The smallest absolute Gasteiger partial charge is 0.335 e. The van der Waals surface area contributed by atoms with Gasteiger partial charge in [0.2, 0.25) is 0 Å². The van der Waals surface area contributed by atoms with E-state index in [9.17, 15) is 9.59 Å². The van der Waals surface area contributed by atoms with Crippen LogP contribution in [0.4, 0.5) is 0 Å². The first kappa shape index (κ1) is 15.0. The fraction of sp³-hybridized carbons (Fsp3) is 0.400. The van der Waals surface area contributed by atoms with Gasteiger partial charge in [0.1, 0.15) is 11.9 Å². The van der Waals surface area contributed by atoms with Crippen molar-refractivity contribution in [1.82, 2.24) is 9.55 Å². The molecule has 0 aliphatic heterocycles. The highest BCUT2D eigenvalue weighted by molar-refractivity contribution is 5.93. The molecule has 6 nitrogen and oxygen atoms in total. The Kier molecular flexibility index (Phi) is 3.97. The van der Waals surface area contributed by atoms with Gasteiger partial charge in [-0.15, -0.1) is 0 Å². The number of aromatic carboxylic acids is 1. The Balaban J connectivity index is 2.65. The average Bonchev–Trinajstić information content (AvgIpc) is 2.74. The van der Waals surface area contributed by atoms with Gasteiger partial charge in [0, 0.05) is 0 Å². The summed E-state index contributed by atoms with van der Waals surface area (Å²) in [6.07, 6.45) is 0. The first-order valence-corrected chi connectivity index (χ1v) is 6.66. The lowest BCUT2D eigenvalue weighted by molar-refractivity contribution is -0.145. The Hall–Kier alpha value is -2.37. The van der Waals surface area contributed by atoms with E-state index in [4.69, 9.17) is 9.84 Å². The number of aromatic nitrogens is 2. The Morgan fingerprint density at radius 1 is 1.33 bits per heavy atom. The fourth-order valence-electron chi connectivity index (χ4n) is 2.50. The highest BCUT2D eigenvalue weighted by Gasteiger charge is 2.28. The molecule has 2 aromatic rings. The fourth-order valence-corrected chi connectivity index (χ4v) is 2.50. The van der Waals surface area contributed by atoms with Crippen LogP contribution in [-0.4, -0.2) is 33.7 Å². The molecule has 2 rings (SSSR count). The maximum atomic E-state index is 12.1. The summed E-state index contributed by atoms with van der Waals surface area (Å²) < 4.78 is 6.68. The molecule has 0 fully saturated rings. The standard InChI is InChI=1S/C15H18N2O4/c1-8(2)13(15(20)21-4)17-9(3)16-11-7-10(14(18)19)5-6-12(11)17/h5-8,13H,1-4H3,(H,18,19). The van der Waals surface area contributed by atoms with Gasteiger partial charge in [0.25, 0.3) is 0 Å². The minimum atomic E-state index is -1.00. The summed E-state index contributed by atoms with van der Waals surface area (Å²) in [5.74, 6) is -0.670. The number of aryl methyl sites for hydroxylation is 1. The molecular formula is C15H18N2O4. The van der Waals surface area contributed by atoms with Crippen LogP contribution in [0.3, 0.4) is 0 Å². The normalized spacial score (nSPS) is 12.6. The number of fused-ring (bicyclic) bond motifs is 1. The zero-order chi connectivity index (χ0) is 15.7. The van der Waals surface area contributed by atoms with Crippen molar-refractivity contribution in [3.05, 3.63) is 29.6 Å². The van der Waals surface area contributed by atoms with Gasteiger partial charge in [0.05, 0.1) is 23.7 Å². The van der Waals surface area contributed by atoms with Crippen molar-refractivity contribution in [2.45, 2.75) is 26.8 Å². The molecular weight excluding hydrogens is 272 g/mol. The van der Waals surface area contributed by atoms with E-state index in [0.29, 0.717) is 11.3 Å². The summed E-state index contributed by atoms with van der Waals surface area (Å²) in [5.41, 5.74) is 1.45. The number of imidazole rings is 1. The summed E-state index contributed by atoms with van der Waals surface area (Å²) in [5, 5.41) is 9.04. The number of carboxylic acid groups (broad SMARTS) is 1. The van der Waals surface area contributed by atoms with Crippen LogP contribution in [0.25, 0.3) is 11.0 Å². The Morgan fingerprint density at radius 3 is 2.52 bits per heavy atom. The zero-order valence-corrected chi connectivity index (χ0v) is 12.5. The maximum absolute atomic E-state index is 12.1. The molecule has 112 valence electrons. The highest BCUT2D eigenvalue weighted by atomic mass is 16.5. The van der Waals surface area contributed by atoms with Crippen molar-refractivity contribution in [2.24, 2.45) is 5.92 Å². The van der Waals surface area contributed by atoms with Gasteiger partial charge < -0.3 is 14.4 Å². The zero-order valence-electron chi connectivity index (χ0n) is 12.5. The van der Waals surface area contributed by atoms with E-state index in [0.717, 1.165) is 5.52 Å². The van der Waals surface area contributed by atoms with Crippen molar-refractivity contribution in [2.75, 3.05) is 7.11 Å². The second kappa shape index (κ2) is 5.55. The van der Waals surface area contributed by atoms with Crippen molar-refractivity contribution >= 4 is 23.0 Å². The summed E-state index contributed by atoms with van der Waals surface area (Å²) in [4.78, 5) is 27.5. The van der Waals surface area contributed by atoms with E-state index in [1.54, 1.807) is 17.6 Å². The number of carbonyl (C=O) groups is 2. The van der Waals surface area contributed by atoms with Crippen LogP contribution in [0.1, 0.15) is 36.1 Å². The molecule has 0 spiro atoms. The number of carboxylic acids is 1. The van der Waals surface area contributed by atoms with Crippen molar-refractivity contribution in [1.29, 1.82) is 0 Å². The lowest BCUT2D eigenvalue weighted by atomic mass is 10.0. The topological polar surface area (TPSA) is 81.4 Å². The van der Waals surface area contributed by atoms with Gasteiger partial charge in [-0.3, -0.25) is 0 Å². The quantitative estimate of drug-likeness (QED) is 0.874. The Bertz CT molecular complexity index is 703. The number of benzene rings is 1. The van der Waals surface area contributed by atoms with Crippen molar-refractivity contribution in [3.63, 3.8) is 0 Å². The molecule has 1 aromatic carbocycles. The molecule has 0 bridgehead atoms. The van der Waals surface area contributed by atoms with Crippen LogP contribution >= 0.6 is 0 Å². The number of hydrogen-bond donors (Lipinski definition) is 1. The lowest BCUT2D eigenvalue weighted by Crippen LogP contribution is -2.26. The van der Waals surface area contributed by atoms with Crippen molar-refractivity contribution < 1.29 is 19.4 Å². The number of nitrogens with zero attached hydrogens (tertiary/aromatic N) is 2. The first-order valence-electron chi connectivity index (χ1n) is 6.66. The second-order valence-corrected chi connectivity index (χ2v) is 5.25. The number of methoxy groups -OCH3 is 1. The van der Waals surface area contributed by atoms with Gasteiger partial charge in [-0.2, -0.15) is 0 Å². The van der Waals surface area contributed by atoms with E-state index in [-0.39, 0.29) is 17.5 Å². The van der Waals surface area contributed by atoms with Crippen LogP contribution < -0.4 is 0 Å². The van der Waals surface area contributed by atoms with Gasteiger partial charge in [0.15, 0.2) is 0 Å². The van der Waals surface area contributed by atoms with E-state index in [1.807, 2.05) is 13.8 Å². The lowest BCUT2D eigenvalue weighted by Gasteiger charge is -2.22. The van der Waals surface area contributed by atoms with Crippen LogP contribution in [0.15, 0.2) is 18.2 Å². The van der Waals surface area contributed by atoms with E-state index in [1.165, 1.54) is 19.2 Å². The summed E-state index contributed by atoms with van der Waals surface area (Å²) >= 11 is 0. The monoisotopic (exact) mass is 290 g/mol. The molecule has 6 heteroatoms. The van der Waals surface area contributed by atoms with Gasteiger partial charge in [-0.25, -0.2) is 14.6 Å². The van der Waals surface area contributed by atoms with Crippen molar-refractivity contribution in [3.8, 4) is 0 Å². The third-order valence-electron chi connectivity index (χ3n) is 3.47. The van der Waals surface area contributed by atoms with E-state index in [2.05, 4.69) is 4.98 Å². The average molecular weight is 290 g/mol. The van der Waals surface area contributed by atoms with Crippen LogP contribution in [0.5, 0.6) is 0 Å². The van der Waals surface area contributed by atoms with Gasteiger partial charge in [-0.1, -0.05) is 13.8 Å². The molecule has 0 saturated carbocycles. The van der Waals surface area contributed by atoms with Crippen LogP contribution in [0.2, 0.25) is 0 Å². The molecule has 21 heavy (non-hydrogen) atoms. The SMILES string of the molecule is COC(=O)C(C(C)C)n1c(C)nc2cc(C(=O)O)ccc21. The van der Waals surface area contributed by atoms with Gasteiger partial charge >= 0.3 is 11.9 Å². The molecule has 0 radical (unpaired) electrons. The highest BCUT2D eigenvalue weighted by Crippen LogP contribution is 2.27. The molecule has 0 amide bonds. The largest absolute Gasteiger partial charge is 0.478 e. The molecule has 0 aliphatic carbocycles. The molecule has 1 aromatic heterocycles. The molecule has 1 heterocycles. The maximum Gasteiger partial charge on any atom is 0.335 e. The number of carbonyl (C=O) groups excluding carboxylic acids is 1. The number of hydrogen-bond acceptors (Lipinski definition) is 4.